The summed E-state index contributed by atoms with van der Waals surface area (Å²) in [5.74, 6) is 1.64. The number of rotatable bonds is 4. The van der Waals surface area contributed by atoms with E-state index < -0.39 is 0 Å². The van der Waals surface area contributed by atoms with Gasteiger partial charge >= 0.3 is 0 Å². The summed E-state index contributed by atoms with van der Waals surface area (Å²) in [4.78, 5) is 29.2. The number of amides is 2. The van der Waals surface area contributed by atoms with E-state index in [0.717, 1.165) is 63.9 Å². The van der Waals surface area contributed by atoms with Gasteiger partial charge in [0.05, 0.1) is 5.92 Å². The van der Waals surface area contributed by atoms with Gasteiger partial charge in [0, 0.05) is 44.9 Å². The third kappa shape index (κ3) is 4.02. The third-order valence-corrected chi connectivity index (χ3v) is 5.81. The summed E-state index contributed by atoms with van der Waals surface area (Å²) in [6.07, 6.45) is 5.85. The molecule has 1 aromatic rings. The highest BCUT2D eigenvalue weighted by atomic mass is 16.5. The van der Waals surface area contributed by atoms with E-state index in [2.05, 4.69) is 0 Å². The molecule has 3 aliphatic rings. The van der Waals surface area contributed by atoms with Gasteiger partial charge in [0.15, 0.2) is 0 Å². The van der Waals surface area contributed by atoms with Crippen molar-refractivity contribution in [2.75, 3.05) is 26.2 Å². The molecule has 0 unspecified atom stereocenters. The Kier molecular flexibility index (Phi) is 5.14. The number of hydrogen-bond acceptors (Lipinski definition) is 3. The molecule has 1 aliphatic carbocycles. The second-order valence-electron chi connectivity index (χ2n) is 7.85. The number of carbonyl (C=O) groups is 2. The molecular formula is C21H28N2O3. The van der Waals surface area contributed by atoms with Crippen molar-refractivity contribution >= 4 is 11.8 Å². The molecule has 2 aliphatic heterocycles. The van der Waals surface area contributed by atoms with E-state index in [9.17, 15) is 9.59 Å². The number of likely N-dealkylation sites (tertiary alicyclic amines) is 2. The first kappa shape index (κ1) is 17.4. The Morgan fingerprint density at radius 3 is 2.19 bits per heavy atom. The number of benzene rings is 1. The lowest BCUT2D eigenvalue weighted by Gasteiger charge is -2.38. The van der Waals surface area contributed by atoms with Crippen LogP contribution in [0.1, 0.15) is 38.5 Å². The maximum absolute atomic E-state index is 12.9. The van der Waals surface area contributed by atoms with Crippen LogP contribution in [0.25, 0.3) is 0 Å². The van der Waals surface area contributed by atoms with Crippen LogP contribution in [0, 0.1) is 11.8 Å². The van der Waals surface area contributed by atoms with Crippen molar-refractivity contribution in [3.05, 3.63) is 30.3 Å². The number of para-hydroxylation sites is 1. The zero-order valence-electron chi connectivity index (χ0n) is 15.3. The summed E-state index contributed by atoms with van der Waals surface area (Å²) in [6.45, 7) is 2.95. The van der Waals surface area contributed by atoms with Crippen molar-refractivity contribution < 1.29 is 14.3 Å². The molecule has 1 atom stereocenters. The normalized spacial score (nSPS) is 24.4. The lowest BCUT2D eigenvalue weighted by atomic mass is 9.95. The third-order valence-electron chi connectivity index (χ3n) is 5.81. The molecule has 5 heteroatoms. The Morgan fingerprint density at radius 2 is 1.50 bits per heavy atom. The van der Waals surface area contributed by atoms with Crippen molar-refractivity contribution in [1.82, 2.24) is 9.80 Å². The predicted molar refractivity (Wildman–Crippen MR) is 98.7 cm³/mol. The van der Waals surface area contributed by atoms with E-state index in [1.807, 2.05) is 40.1 Å². The minimum Gasteiger partial charge on any atom is -0.490 e. The average molecular weight is 356 g/mol. The van der Waals surface area contributed by atoms with Gasteiger partial charge in [0.1, 0.15) is 11.9 Å². The molecular weight excluding hydrogens is 328 g/mol. The van der Waals surface area contributed by atoms with Gasteiger partial charge in [-0.3, -0.25) is 9.59 Å². The van der Waals surface area contributed by atoms with Gasteiger partial charge in [-0.1, -0.05) is 18.2 Å². The lowest BCUT2D eigenvalue weighted by molar-refractivity contribution is -0.142. The molecule has 26 heavy (non-hydrogen) atoms. The summed E-state index contributed by atoms with van der Waals surface area (Å²) in [5.41, 5.74) is 0. The van der Waals surface area contributed by atoms with Gasteiger partial charge in [-0.05, 0) is 37.8 Å². The Labute approximate surface area is 155 Å². The molecule has 0 radical (unpaired) electrons. The van der Waals surface area contributed by atoms with Crippen molar-refractivity contribution in [2.45, 2.75) is 44.6 Å². The van der Waals surface area contributed by atoms with Gasteiger partial charge < -0.3 is 14.5 Å². The van der Waals surface area contributed by atoms with E-state index in [1.165, 1.54) is 0 Å². The number of piperidine rings is 2. The second kappa shape index (κ2) is 7.68. The molecule has 2 amide bonds. The van der Waals surface area contributed by atoms with Crippen molar-refractivity contribution in [3.63, 3.8) is 0 Å². The van der Waals surface area contributed by atoms with Crippen molar-refractivity contribution in [1.29, 1.82) is 0 Å². The number of ether oxygens (including phenoxy) is 1. The minimum atomic E-state index is -0.0157. The maximum atomic E-state index is 12.9. The Balaban J connectivity index is 1.27. The largest absolute Gasteiger partial charge is 0.490 e. The highest BCUT2D eigenvalue weighted by molar-refractivity contribution is 5.83. The van der Waals surface area contributed by atoms with Gasteiger partial charge in [-0.25, -0.2) is 0 Å². The van der Waals surface area contributed by atoms with Crippen LogP contribution in [-0.2, 0) is 9.59 Å². The molecule has 3 fully saturated rings. The zero-order valence-corrected chi connectivity index (χ0v) is 15.3. The average Bonchev–Trinajstić information content (AvgIpc) is 3.54. The summed E-state index contributed by atoms with van der Waals surface area (Å²) in [6, 6.07) is 9.89. The first-order valence-corrected chi connectivity index (χ1v) is 10.00. The smallest absolute Gasteiger partial charge is 0.227 e. The number of nitrogens with zero attached hydrogens (tertiary/aromatic N) is 2. The van der Waals surface area contributed by atoms with Gasteiger partial charge in [0.25, 0.3) is 0 Å². The van der Waals surface area contributed by atoms with E-state index >= 15 is 0 Å². The molecule has 0 spiro atoms. The molecule has 0 aromatic heterocycles. The van der Waals surface area contributed by atoms with Crippen LogP contribution in [0.5, 0.6) is 5.75 Å². The SMILES string of the molecule is O=C(C1CC1)N1CCC[C@@H](C(=O)N2CCC(Oc3ccccc3)CC2)C1. The topological polar surface area (TPSA) is 49.9 Å². The molecule has 2 saturated heterocycles. The summed E-state index contributed by atoms with van der Waals surface area (Å²) < 4.78 is 6.02. The first-order valence-electron chi connectivity index (χ1n) is 10.00. The minimum absolute atomic E-state index is 0.0157. The molecule has 140 valence electrons. The summed E-state index contributed by atoms with van der Waals surface area (Å²) >= 11 is 0. The van der Waals surface area contributed by atoms with E-state index in [0.29, 0.717) is 6.54 Å². The maximum Gasteiger partial charge on any atom is 0.227 e. The van der Waals surface area contributed by atoms with Gasteiger partial charge in [-0.15, -0.1) is 0 Å². The van der Waals surface area contributed by atoms with E-state index in [1.54, 1.807) is 0 Å². The van der Waals surface area contributed by atoms with Gasteiger partial charge in [-0.2, -0.15) is 0 Å². The highest BCUT2D eigenvalue weighted by Crippen LogP contribution is 2.33. The Bertz CT molecular complexity index is 636. The van der Waals surface area contributed by atoms with Crippen LogP contribution in [-0.4, -0.2) is 53.9 Å². The van der Waals surface area contributed by atoms with Crippen LogP contribution in [0.3, 0.4) is 0 Å². The van der Waals surface area contributed by atoms with Crippen molar-refractivity contribution in [2.24, 2.45) is 11.8 Å². The summed E-state index contributed by atoms with van der Waals surface area (Å²) in [7, 11) is 0. The fraction of sp³-hybridized carbons (Fsp3) is 0.619. The van der Waals surface area contributed by atoms with Crippen LogP contribution < -0.4 is 4.74 Å². The molecule has 1 aromatic carbocycles. The lowest BCUT2D eigenvalue weighted by Crippen LogP contribution is -2.49. The number of hydrogen-bond donors (Lipinski definition) is 0. The summed E-state index contributed by atoms with van der Waals surface area (Å²) in [5, 5.41) is 0. The van der Waals surface area contributed by atoms with Crippen LogP contribution >= 0.6 is 0 Å². The van der Waals surface area contributed by atoms with Crippen LogP contribution in [0.2, 0.25) is 0 Å². The molecule has 5 nitrogen and oxygen atoms in total. The van der Waals surface area contributed by atoms with Crippen LogP contribution in [0.4, 0.5) is 0 Å². The van der Waals surface area contributed by atoms with E-state index in [4.69, 9.17) is 4.74 Å². The van der Waals surface area contributed by atoms with Crippen LogP contribution in [0.15, 0.2) is 30.3 Å². The fourth-order valence-corrected chi connectivity index (χ4v) is 4.11. The number of carbonyl (C=O) groups excluding carboxylic acids is 2. The molecule has 0 N–H and O–H groups in total. The highest BCUT2D eigenvalue weighted by Gasteiger charge is 2.38. The van der Waals surface area contributed by atoms with Crippen molar-refractivity contribution in [3.8, 4) is 5.75 Å². The monoisotopic (exact) mass is 356 g/mol. The Hall–Kier alpha value is -2.04. The molecule has 2 heterocycles. The molecule has 0 bridgehead atoms. The molecule has 1 saturated carbocycles. The predicted octanol–water partition coefficient (Wildman–Crippen LogP) is 2.71. The standard InChI is InChI=1S/C21H28N2O3/c24-20(16-8-9-16)23-12-4-5-17(15-23)21(25)22-13-10-19(11-14-22)26-18-6-2-1-3-7-18/h1-3,6-7,16-17,19H,4-5,8-15H2/t17-/m1/s1. The quantitative estimate of drug-likeness (QED) is 0.833. The fourth-order valence-electron chi connectivity index (χ4n) is 4.11. The van der Waals surface area contributed by atoms with Gasteiger partial charge in [0.2, 0.25) is 11.8 Å². The van der Waals surface area contributed by atoms with E-state index in [-0.39, 0.29) is 29.8 Å². The second-order valence-corrected chi connectivity index (χ2v) is 7.85. The molecule has 4 rings (SSSR count). The Morgan fingerprint density at radius 1 is 0.808 bits per heavy atom. The first-order chi connectivity index (χ1) is 12.7. The zero-order chi connectivity index (χ0) is 17.9.